The van der Waals surface area contributed by atoms with Crippen molar-refractivity contribution < 1.29 is 9.53 Å². The van der Waals surface area contributed by atoms with Crippen molar-refractivity contribution in [3.8, 4) is 0 Å². The molecule has 1 N–H and O–H groups in total. The molecular weight excluding hydrogens is 216 g/mol. The zero-order valence-electron chi connectivity index (χ0n) is 10.4. The molecule has 3 saturated heterocycles. The van der Waals surface area contributed by atoms with E-state index in [1.54, 1.807) is 0 Å². The van der Waals surface area contributed by atoms with Crippen LogP contribution in [0.2, 0.25) is 0 Å². The van der Waals surface area contributed by atoms with E-state index < -0.39 is 0 Å². The minimum atomic E-state index is 0.130. The number of nitrogens with one attached hydrogen (secondary N) is 1. The van der Waals surface area contributed by atoms with Crippen molar-refractivity contribution in [1.82, 2.24) is 10.2 Å². The summed E-state index contributed by atoms with van der Waals surface area (Å²) in [5.41, 5.74) is 0.130. The minimum Gasteiger partial charge on any atom is -0.380 e. The number of piperidine rings is 2. The molecule has 3 rings (SSSR count). The lowest BCUT2D eigenvalue weighted by atomic mass is 9.80. The highest BCUT2D eigenvalue weighted by Gasteiger charge is 2.39. The molecule has 3 aliphatic heterocycles. The zero-order valence-corrected chi connectivity index (χ0v) is 10.4. The fourth-order valence-corrected chi connectivity index (χ4v) is 3.51. The van der Waals surface area contributed by atoms with Crippen LogP contribution in [0.15, 0.2) is 0 Å². The van der Waals surface area contributed by atoms with E-state index in [9.17, 15) is 4.79 Å². The quantitative estimate of drug-likeness (QED) is 0.738. The third-order valence-electron chi connectivity index (χ3n) is 4.64. The van der Waals surface area contributed by atoms with Crippen LogP contribution in [-0.2, 0) is 9.53 Å². The normalized spacial score (nSPS) is 33.9. The summed E-state index contributed by atoms with van der Waals surface area (Å²) in [7, 11) is 0. The van der Waals surface area contributed by atoms with Crippen molar-refractivity contribution in [3.63, 3.8) is 0 Å². The fraction of sp³-hybridized carbons (Fsp3) is 0.923. The molecule has 96 valence electrons. The molecule has 0 aromatic rings. The van der Waals surface area contributed by atoms with E-state index >= 15 is 0 Å². The first-order chi connectivity index (χ1) is 8.27. The summed E-state index contributed by atoms with van der Waals surface area (Å²) in [6, 6.07) is 0.631. The van der Waals surface area contributed by atoms with Gasteiger partial charge >= 0.3 is 0 Å². The molecule has 3 fully saturated rings. The third-order valence-corrected chi connectivity index (χ3v) is 4.64. The van der Waals surface area contributed by atoms with Gasteiger partial charge in [-0.25, -0.2) is 0 Å². The Morgan fingerprint density at radius 1 is 1.29 bits per heavy atom. The first kappa shape index (κ1) is 11.5. The maximum Gasteiger partial charge on any atom is 0.220 e. The molecule has 3 aliphatic rings. The Kier molecular flexibility index (Phi) is 3.09. The van der Waals surface area contributed by atoms with E-state index in [0.29, 0.717) is 6.04 Å². The van der Waals surface area contributed by atoms with Crippen LogP contribution in [0.25, 0.3) is 0 Å². The molecule has 4 nitrogen and oxygen atoms in total. The molecule has 17 heavy (non-hydrogen) atoms. The average molecular weight is 238 g/mol. The minimum absolute atomic E-state index is 0.130. The number of hydrogen-bond acceptors (Lipinski definition) is 3. The van der Waals surface area contributed by atoms with Gasteiger partial charge in [0.25, 0.3) is 0 Å². The summed E-state index contributed by atoms with van der Waals surface area (Å²) in [4.78, 5) is 14.1. The SMILES string of the molecule is O=C1CCCC2(CCN(C3CCOC3)CC2)N1. The summed E-state index contributed by atoms with van der Waals surface area (Å²) in [5, 5.41) is 3.25. The van der Waals surface area contributed by atoms with Crippen molar-refractivity contribution in [2.24, 2.45) is 0 Å². The first-order valence-electron chi connectivity index (χ1n) is 6.90. The van der Waals surface area contributed by atoms with Gasteiger partial charge in [0.1, 0.15) is 0 Å². The molecule has 4 heteroatoms. The van der Waals surface area contributed by atoms with Crippen LogP contribution >= 0.6 is 0 Å². The highest BCUT2D eigenvalue weighted by Crippen LogP contribution is 2.32. The van der Waals surface area contributed by atoms with Crippen LogP contribution in [0.4, 0.5) is 0 Å². The number of nitrogens with zero attached hydrogens (tertiary/aromatic N) is 1. The molecular formula is C13H22N2O2. The van der Waals surface area contributed by atoms with Crippen LogP contribution in [0.3, 0.4) is 0 Å². The monoisotopic (exact) mass is 238 g/mol. The van der Waals surface area contributed by atoms with Gasteiger partial charge in [-0.15, -0.1) is 0 Å². The lowest BCUT2D eigenvalue weighted by molar-refractivity contribution is -0.126. The summed E-state index contributed by atoms with van der Waals surface area (Å²) in [5.74, 6) is 0.258. The number of ether oxygens (including phenoxy) is 1. The van der Waals surface area contributed by atoms with Gasteiger partial charge in [0.05, 0.1) is 6.61 Å². The second-order valence-corrected chi connectivity index (χ2v) is 5.74. The van der Waals surface area contributed by atoms with Crippen LogP contribution in [0, 0.1) is 0 Å². The molecule has 1 amide bonds. The number of amides is 1. The van der Waals surface area contributed by atoms with E-state index in [1.807, 2.05) is 0 Å². The van der Waals surface area contributed by atoms with E-state index in [-0.39, 0.29) is 11.4 Å². The maximum atomic E-state index is 11.5. The molecule has 0 aromatic carbocycles. The summed E-state index contributed by atoms with van der Waals surface area (Å²) in [6.45, 7) is 4.06. The highest BCUT2D eigenvalue weighted by atomic mass is 16.5. The van der Waals surface area contributed by atoms with Crippen LogP contribution in [0.5, 0.6) is 0 Å². The Balaban J connectivity index is 1.57. The van der Waals surface area contributed by atoms with Crippen molar-refractivity contribution in [1.29, 1.82) is 0 Å². The molecule has 0 radical (unpaired) electrons. The van der Waals surface area contributed by atoms with Gasteiger partial charge in [-0.05, 0) is 32.1 Å². The fourth-order valence-electron chi connectivity index (χ4n) is 3.51. The topological polar surface area (TPSA) is 41.6 Å². The van der Waals surface area contributed by atoms with Crippen molar-refractivity contribution in [2.75, 3.05) is 26.3 Å². The van der Waals surface area contributed by atoms with Gasteiger partial charge in [-0.2, -0.15) is 0 Å². The van der Waals surface area contributed by atoms with Gasteiger partial charge < -0.3 is 10.1 Å². The second-order valence-electron chi connectivity index (χ2n) is 5.74. The highest BCUT2D eigenvalue weighted by molar-refractivity contribution is 5.77. The molecule has 0 aliphatic carbocycles. The van der Waals surface area contributed by atoms with E-state index in [4.69, 9.17) is 4.74 Å². The number of carbonyl (C=O) groups is 1. The number of carbonyl (C=O) groups excluding carboxylic acids is 1. The maximum absolute atomic E-state index is 11.5. The van der Waals surface area contributed by atoms with E-state index in [0.717, 1.165) is 52.0 Å². The van der Waals surface area contributed by atoms with Crippen LogP contribution in [0.1, 0.15) is 38.5 Å². The number of rotatable bonds is 1. The number of likely N-dealkylation sites (tertiary alicyclic amines) is 1. The smallest absolute Gasteiger partial charge is 0.220 e. The predicted molar refractivity (Wildman–Crippen MR) is 64.8 cm³/mol. The number of hydrogen-bond donors (Lipinski definition) is 1. The van der Waals surface area contributed by atoms with Gasteiger partial charge in [0.15, 0.2) is 0 Å². The Morgan fingerprint density at radius 3 is 2.76 bits per heavy atom. The average Bonchev–Trinajstić information content (AvgIpc) is 2.83. The van der Waals surface area contributed by atoms with Crippen LogP contribution in [-0.4, -0.2) is 48.7 Å². The Labute approximate surface area is 103 Å². The summed E-state index contributed by atoms with van der Waals surface area (Å²) in [6.07, 6.45) is 6.39. The standard InChI is InChI=1S/C13H22N2O2/c16-12-2-1-4-13(14-12)5-7-15(8-6-13)11-3-9-17-10-11/h11H,1-10H2,(H,14,16). The van der Waals surface area contributed by atoms with Gasteiger partial charge in [-0.1, -0.05) is 0 Å². The van der Waals surface area contributed by atoms with Crippen molar-refractivity contribution >= 4 is 5.91 Å². The lowest BCUT2D eigenvalue weighted by Crippen LogP contribution is -2.58. The molecule has 1 unspecified atom stereocenters. The Hall–Kier alpha value is -0.610. The zero-order chi connectivity index (χ0) is 11.7. The Morgan fingerprint density at radius 2 is 2.12 bits per heavy atom. The lowest BCUT2D eigenvalue weighted by Gasteiger charge is -2.45. The first-order valence-corrected chi connectivity index (χ1v) is 6.90. The third kappa shape index (κ3) is 2.33. The molecule has 3 heterocycles. The molecule has 0 saturated carbocycles. The Bertz CT molecular complexity index is 292. The van der Waals surface area contributed by atoms with E-state index in [1.165, 1.54) is 12.8 Å². The molecule has 0 bridgehead atoms. The predicted octanol–water partition coefficient (Wildman–Crippen LogP) is 0.910. The van der Waals surface area contributed by atoms with Crippen LogP contribution < -0.4 is 5.32 Å². The summed E-state index contributed by atoms with van der Waals surface area (Å²) >= 11 is 0. The van der Waals surface area contributed by atoms with Crippen molar-refractivity contribution in [3.05, 3.63) is 0 Å². The largest absolute Gasteiger partial charge is 0.380 e. The summed E-state index contributed by atoms with van der Waals surface area (Å²) < 4.78 is 5.45. The second kappa shape index (κ2) is 4.58. The van der Waals surface area contributed by atoms with Gasteiger partial charge in [0, 0.05) is 37.7 Å². The van der Waals surface area contributed by atoms with E-state index in [2.05, 4.69) is 10.2 Å². The molecule has 1 spiro atoms. The molecule has 0 aromatic heterocycles. The van der Waals surface area contributed by atoms with Crippen molar-refractivity contribution in [2.45, 2.75) is 50.1 Å². The molecule has 1 atom stereocenters. The van der Waals surface area contributed by atoms with Gasteiger partial charge in [-0.3, -0.25) is 9.69 Å². The van der Waals surface area contributed by atoms with Gasteiger partial charge in [0.2, 0.25) is 5.91 Å².